The van der Waals surface area contributed by atoms with Gasteiger partial charge in [0.05, 0.1) is 6.04 Å². The topological polar surface area (TPSA) is 38.8 Å². The summed E-state index contributed by atoms with van der Waals surface area (Å²) in [6.07, 6.45) is 3.08. The number of halogens is 1. The van der Waals surface area contributed by atoms with Crippen LogP contribution < -0.4 is 9.47 Å². The summed E-state index contributed by atoms with van der Waals surface area (Å²) in [7, 11) is 0. The van der Waals surface area contributed by atoms with Gasteiger partial charge in [-0.1, -0.05) is 33.6 Å². The molecular weight excluding hydrogens is 302 g/mol. The highest BCUT2D eigenvalue weighted by molar-refractivity contribution is 6.00. The van der Waals surface area contributed by atoms with Crippen LogP contribution in [0.3, 0.4) is 0 Å². The van der Waals surface area contributed by atoms with Gasteiger partial charge in [0.1, 0.15) is 0 Å². The Hall–Kier alpha value is -1.26. The van der Waals surface area contributed by atoms with Gasteiger partial charge in [-0.25, -0.2) is 0 Å². The Balaban J connectivity index is 0.00000242. The van der Waals surface area contributed by atoms with E-state index in [4.69, 9.17) is 9.47 Å². The lowest BCUT2D eigenvalue weighted by molar-refractivity contribution is 0.0816. The molecule has 1 aromatic carbocycles. The third-order valence-electron chi connectivity index (χ3n) is 4.04. The van der Waals surface area contributed by atoms with Crippen molar-refractivity contribution in [1.29, 1.82) is 0 Å². The maximum Gasteiger partial charge on any atom is 0.231 e. The molecule has 1 aliphatic rings. The number of carbonyl (C=O) groups is 1. The number of ether oxygens (including phenoxy) is 2. The van der Waals surface area contributed by atoms with Gasteiger partial charge >= 0.3 is 0 Å². The molecule has 0 saturated carbocycles. The van der Waals surface area contributed by atoms with E-state index in [2.05, 4.69) is 25.7 Å². The van der Waals surface area contributed by atoms with Crippen molar-refractivity contribution in [2.24, 2.45) is 0 Å². The number of fused-ring (bicyclic) bond motifs is 1. The smallest absolute Gasteiger partial charge is 0.231 e. The number of carbonyl (C=O) groups excluding carboxylic acids is 1. The van der Waals surface area contributed by atoms with Gasteiger partial charge in [-0.15, -0.1) is 12.4 Å². The molecule has 0 N–H and O–H groups in total. The summed E-state index contributed by atoms with van der Waals surface area (Å²) in [5.41, 5.74) is 0.715. The third kappa shape index (κ3) is 4.14. The zero-order valence-electron chi connectivity index (χ0n) is 13.6. The number of Topliss-reactive ketones (excluding diaryl/α,β-unsaturated/α-hetero) is 1. The number of likely N-dealkylation sites (N-methyl/N-ethyl adjacent to an activating group) is 1. The van der Waals surface area contributed by atoms with Gasteiger partial charge in [0.25, 0.3) is 0 Å². The van der Waals surface area contributed by atoms with Crippen LogP contribution in [-0.2, 0) is 0 Å². The first-order valence-corrected chi connectivity index (χ1v) is 7.89. The fourth-order valence-electron chi connectivity index (χ4n) is 2.78. The predicted molar refractivity (Wildman–Crippen MR) is 90.4 cm³/mol. The Morgan fingerprint density at radius 3 is 2.50 bits per heavy atom. The van der Waals surface area contributed by atoms with E-state index in [0.717, 1.165) is 38.1 Å². The van der Waals surface area contributed by atoms with Crippen LogP contribution in [0.1, 0.15) is 50.4 Å². The Bertz CT molecular complexity index is 489. The second-order valence-electron chi connectivity index (χ2n) is 5.31. The molecule has 0 aliphatic carbocycles. The molecule has 1 unspecified atom stereocenters. The molecule has 1 atom stereocenters. The molecule has 1 aliphatic heterocycles. The molecule has 124 valence electrons. The lowest BCUT2D eigenvalue weighted by Crippen LogP contribution is -2.41. The van der Waals surface area contributed by atoms with Gasteiger partial charge in [-0.2, -0.15) is 0 Å². The highest BCUT2D eigenvalue weighted by Gasteiger charge is 2.26. The van der Waals surface area contributed by atoms with Crippen LogP contribution in [0, 0.1) is 0 Å². The maximum absolute atomic E-state index is 12.9. The normalized spacial score (nSPS) is 13.8. The Kier molecular flexibility index (Phi) is 7.69. The lowest BCUT2D eigenvalue weighted by atomic mass is 9.97. The third-order valence-corrected chi connectivity index (χ3v) is 4.04. The summed E-state index contributed by atoms with van der Waals surface area (Å²) in [6.45, 7) is 8.39. The summed E-state index contributed by atoms with van der Waals surface area (Å²) in [6, 6.07) is 5.44. The van der Waals surface area contributed by atoms with E-state index in [1.165, 1.54) is 0 Å². The van der Waals surface area contributed by atoms with Gasteiger partial charge in [-0.05, 0) is 37.7 Å². The first-order valence-electron chi connectivity index (χ1n) is 7.89. The van der Waals surface area contributed by atoms with Crippen molar-refractivity contribution in [3.8, 4) is 11.5 Å². The molecule has 0 amide bonds. The van der Waals surface area contributed by atoms with Crippen LogP contribution in [0.15, 0.2) is 18.2 Å². The number of hydrogen-bond donors (Lipinski definition) is 0. The minimum atomic E-state index is -0.0414. The molecule has 5 heteroatoms. The van der Waals surface area contributed by atoms with E-state index in [9.17, 15) is 4.79 Å². The SMILES string of the molecule is CCCCC(C(=O)c1ccc2c(c1)OCO2)N(CC)CC.Cl. The molecular formula is C17H26ClNO3. The van der Waals surface area contributed by atoms with Gasteiger partial charge in [0.2, 0.25) is 6.79 Å². The molecule has 0 aromatic heterocycles. The monoisotopic (exact) mass is 327 g/mol. The standard InChI is InChI=1S/C17H25NO3.ClH/c1-4-7-8-14(18(5-2)6-3)17(19)13-9-10-15-16(11-13)21-12-20-15;/h9-11,14H,4-8,12H2,1-3H3;1H. The maximum atomic E-state index is 12.9. The van der Waals surface area contributed by atoms with E-state index in [1.54, 1.807) is 0 Å². The highest BCUT2D eigenvalue weighted by Crippen LogP contribution is 2.33. The predicted octanol–water partition coefficient (Wildman–Crippen LogP) is 3.92. The minimum Gasteiger partial charge on any atom is -0.454 e. The Labute approximate surface area is 139 Å². The van der Waals surface area contributed by atoms with Crippen molar-refractivity contribution in [1.82, 2.24) is 4.90 Å². The Morgan fingerprint density at radius 2 is 1.86 bits per heavy atom. The lowest BCUT2D eigenvalue weighted by Gasteiger charge is -2.28. The van der Waals surface area contributed by atoms with Crippen LogP contribution in [0.5, 0.6) is 11.5 Å². The highest BCUT2D eigenvalue weighted by atomic mass is 35.5. The van der Waals surface area contributed by atoms with Crippen molar-refractivity contribution in [2.45, 2.75) is 46.1 Å². The van der Waals surface area contributed by atoms with Gasteiger partial charge in [0.15, 0.2) is 17.3 Å². The fourth-order valence-corrected chi connectivity index (χ4v) is 2.78. The average molecular weight is 328 g/mol. The minimum absolute atomic E-state index is 0. The zero-order valence-corrected chi connectivity index (χ0v) is 14.4. The second kappa shape index (κ2) is 9.01. The molecule has 0 spiro atoms. The van der Waals surface area contributed by atoms with Crippen molar-refractivity contribution in [3.63, 3.8) is 0 Å². The van der Waals surface area contributed by atoms with E-state index >= 15 is 0 Å². The van der Waals surface area contributed by atoms with E-state index in [-0.39, 0.29) is 31.0 Å². The quantitative estimate of drug-likeness (QED) is 0.678. The zero-order chi connectivity index (χ0) is 15.2. The van der Waals surface area contributed by atoms with Crippen molar-refractivity contribution in [3.05, 3.63) is 23.8 Å². The number of nitrogens with zero attached hydrogens (tertiary/aromatic N) is 1. The molecule has 0 radical (unpaired) electrons. The summed E-state index contributed by atoms with van der Waals surface area (Å²) < 4.78 is 10.7. The summed E-state index contributed by atoms with van der Waals surface area (Å²) >= 11 is 0. The molecule has 0 bridgehead atoms. The van der Waals surface area contributed by atoms with Crippen LogP contribution in [-0.4, -0.2) is 36.6 Å². The summed E-state index contributed by atoms with van der Waals surface area (Å²) in [5.74, 6) is 1.58. The number of rotatable bonds is 8. The van der Waals surface area contributed by atoms with Crippen LogP contribution in [0.25, 0.3) is 0 Å². The first kappa shape index (κ1) is 18.8. The molecule has 0 saturated heterocycles. The molecule has 4 nitrogen and oxygen atoms in total. The van der Waals surface area contributed by atoms with Crippen molar-refractivity contribution >= 4 is 18.2 Å². The van der Waals surface area contributed by atoms with E-state index < -0.39 is 0 Å². The van der Waals surface area contributed by atoms with Gasteiger partial charge < -0.3 is 9.47 Å². The van der Waals surface area contributed by atoms with Crippen LogP contribution in [0.2, 0.25) is 0 Å². The van der Waals surface area contributed by atoms with E-state index in [0.29, 0.717) is 11.3 Å². The number of hydrogen-bond acceptors (Lipinski definition) is 4. The number of unbranched alkanes of at least 4 members (excludes halogenated alkanes) is 1. The Morgan fingerprint density at radius 1 is 1.18 bits per heavy atom. The van der Waals surface area contributed by atoms with Gasteiger partial charge in [-0.3, -0.25) is 9.69 Å². The molecule has 22 heavy (non-hydrogen) atoms. The summed E-state index contributed by atoms with van der Waals surface area (Å²) in [5, 5.41) is 0. The van der Waals surface area contributed by atoms with E-state index in [1.807, 2.05) is 18.2 Å². The van der Waals surface area contributed by atoms with Gasteiger partial charge in [0, 0.05) is 5.56 Å². The van der Waals surface area contributed by atoms with Crippen LogP contribution >= 0.6 is 12.4 Å². The molecule has 1 aromatic rings. The molecule has 1 heterocycles. The number of benzene rings is 1. The summed E-state index contributed by atoms with van der Waals surface area (Å²) in [4.78, 5) is 15.1. The largest absolute Gasteiger partial charge is 0.454 e. The number of ketones is 1. The van der Waals surface area contributed by atoms with Crippen LogP contribution in [0.4, 0.5) is 0 Å². The average Bonchev–Trinajstić information content (AvgIpc) is 2.98. The molecule has 2 rings (SSSR count). The fraction of sp³-hybridized carbons (Fsp3) is 0.588. The second-order valence-corrected chi connectivity index (χ2v) is 5.31. The molecule has 0 fully saturated rings. The van der Waals surface area contributed by atoms with Crippen molar-refractivity contribution < 1.29 is 14.3 Å². The van der Waals surface area contributed by atoms with Crippen molar-refractivity contribution in [2.75, 3.05) is 19.9 Å². The first-order chi connectivity index (χ1) is 10.2.